The number of nitrogens with one attached hydrogen (secondary N) is 1. The van der Waals surface area contributed by atoms with Crippen molar-refractivity contribution >= 4 is 44.5 Å². The summed E-state index contributed by atoms with van der Waals surface area (Å²) in [6.45, 7) is 0.928. The Morgan fingerprint density at radius 2 is 1.85 bits per heavy atom. The van der Waals surface area contributed by atoms with E-state index in [2.05, 4.69) is 5.32 Å². The summed E-state index contributed by atoms with van der Waals surface area (Å²) in [4.78, 5) is 25.8. The summed E-state index contributed by atoms with van der Waals surface area (Å²) in [5.74, 6) is 0.322. The number of carbonyl (C=O) groups excluding carboxylic acids is 2. The molecule has 0 atom stereocenters. The molecule has 2 aromatic carbocycles. The van der Waals surface area contributed by atoms with E-state index in [-0.39, 0.29) is 22.6 Å². The Balaban J connectivity index is 1.25. The number of anilines is 2. The van der Waals surface area contributed by atoms with E-state index in [1.165, 1.54) is 11.4 Å². The van der Waals surface area contributed by atoms with Crippen molar-refractivity contribution in [2.24, 2.45) is 0 Å². The molecule has 0 unspecified atom stereocenters. The lowest BCUT2D eigenvalue weighted by molar-refractivity contribution is -0.123. The largest absolute Gasteiger partial charge is 0.484 e. The highest BCUT2D eigenvalue weighted by Crippen LogP contribution is 2.26. The minimum atomic E-state index is -3.60. The Morgan fingerprint density at radius 1 is 1.12 bits per heavy atom. The molecular weight excluding hydrogens is 474 g/mol. The molecule has 2 heterocycles. The second kappa shape index (κ2) is 10.3. The van der Waals surface area contributed by atoms with Crippen molar-refractivity contribution in [2.45, 2.75) is 23.6 Å². The van der Waals surface area contributed by atoms with Gasteiger partial charge < -0.3 is 15.0 Å². The third kappa shape index (κ3) is 5.40. The zero-order chi connectivity index (χ0) is 24.1. The fourth-order valence-corrected chi connectivity index (χ4v) is 5.91. The van der Waals surface area contributed by atoms with E-state index >= 15 is 0 Å². The summed E-state index contributed by atoms with van der Waals surface area (Å²) in [6, 6.07) is 17.3. The number of ether oxygens (including phenoxy) is 1. The van der Waals surface area contributed by atoms with Crippen LogP contribution in [0.25, 0.3) is 0 Å². The lowest BCUT2D eigenvalue weighted by Gasteiger charge is -2.18. The van der Waals surface area contributed by atoms with Gasteiger partial charge in [0.2, 0.25) is 5.91 Å². The van der Waals surface area contributed by atoms with E-state index in [9.17, 15) is 18.0 Å². The first-order valence-electron chi connectivity index (χ1n) is 10.8. The van der Waals surface area contributed by atoms with Crippen LogP contribution in [0.3, 0.4) is 0 Å². The van der Waals surface area contributed by atoms with Gasteiger partial charge in [-0.15, -0.1) is 11.3 Å². The van der Waals surface area contributed by atoms with Crippen molar-refractivity contribution in [1.29, 1.82) is 0 Å². The highest BCUT2D eigenvalue weighted by molar-refractivity contribution is 7.94. The number of amides is 2. The fourth-order valence-electron chi connectivity index (χ4n) is 3.55. The molecule has 0 aliphatic carbocycles. The average molecular weight is 500 g/mol. The van der Waals surface area contributed by atoms with E-state index in [1.54, 1.807) is 46.7 Å². The van der Waals surface area contributed by atoms with Crippen molar-refractivity contribution in [2.75, 3.05) is 29.4 Å². The van der Waals surface area contributed by atoms with E-state index in [1.807, 2.05) is 24.3 Å². The molecule has 1 aliphatic heterocycles. The molecule has 0 bridgehead atoms. The number of hydrogen-bond acceptors (Lipinski definition) is 6. The molecule has 8 nitrogen and oxygen atoms in total. The number of nitrogens with zero attached hydrogens (tertiary/aromatic N) is 2. The molecule has 0 radical (unpaired) electrons. The van der Waals surface area contributed by atoms with Crippen LogP contribution >= 0.6 is 11.3 Å². The second-order valence-electron chi connectivity index (χ2n) is 7.78. The number of rotatable bonds is 9. The molecule has 0 saturated carbocycles. The van der Waals surface area contributed by atoms with Crippen LogP contribution in [0, 0.1) is 0 Å². The molecule has 0 spiro atoms. The minimum Gasteiger partial charge on any atom is -0.484 e. The van der Waals surface area contributed by atoms with Gasteiger partial charge in [-0.25, -0.2) is 8.42 Å². The third-order valence-electron chi connectivity index (χ3n) is 5.49. The Bertz CT molecular complexity index is 1240. The van der Waals surface area contributed by atoms with Gasteiger partial charge >= 0.3 is 0 Å². The van der Waals surface area contributed by atoms with Crippen LogP contribution in [-0.4, -0.2) is 40.4 Å². The molecule has 1 saturated heterocycles. The summed E-state index contributed by atoms with van der Waals surface area (Å²) in [7, 11) is -2.11. The van der Waals surface area contributed by atoms with Crippen LogP contribution in [0.4, 0.5) is 11.4 Å². The first kappa shape index (κ1) is 23.8. The van der Waals surface area contributed by atoms with Gasteiger partial charge in [-0.1, -0.05) is 18.2 Å². The Morgan fingerprint density at radius 3 is 2.47 bits per heavy atom. The van der Waals surface area contributed by atoms with E-state index in [0.717, 1.165) is 35.6 Å². The molecule has 4 rings (SSSR count). The summed E-state index contributed by atoms with van der Waals surface area (Å²) < 4.78 is 32.2. The molecule has 2 amide bonds. The molecule has 10 heteroatoms. The van der Waals surface area contributed by atoms with Crippen LogP contribution in [-0.2, 0) is 26.2 Å². The fraction of sp³-hybridized carbons (Fsp3) is 0.250. The SMILES string of the molecule is CN(c1ccc(OCC(=O)NCc2ccc(N3CCCC3=O)cc2)cc1)S(=O)(=O)c1cccs1. The summed E-state index contributed by atoms with van der Waals surface area (Å²) >= 11 is 1.16. The van der Waals surface area contributed by atoms with Gasteiger partial charge in [-0.3, -0.25) is 13.9 Å². The van der Waals surface area contributed by atoms with Crippen molar-refractivity contribution in [3.8, 4) is 5.75 Å². The van der Waals surface area contributed by atoms with Crippen LogP contribution in [0.1, 0.15) is 18.4 Å². The third-order valence-corrected chi connectivity index (χ3v) is 8.65. The standard InChI is InChI=1S/C24H25N3O5S2/c1-26(34(30,31)24-5-3-15-33-24)19-10-12-21(13-11-19)32-17-22(28)25-16-18-6-8-20(9-7-18)27-14-2-4-23(27)29/h3,5-13,15H,2,4,14,16-17H2,1H3,(H,25,28). The average Bonchev–Trinajstić information content (AvgIpc) is 3.54. The molecule has 34 heavy (non-hydrogen) atoms. The zero-order valence-corrected chi connectivity index (χ0v) is 20.3. The van der Waals surface area contributed by atoms with E-state index in [4.69, 9.17) is 4.74 Å². The van der Waals surface area contributed by atoms with Crippen LogP contribution in [0.2, 0.25) is 0 Å². The molecule has 1 aliphatic rings. The van der Waals surface area contributed by atoms with Gasteiger partial charge in [0.1, 0.15) is 9.96 Å². The van der Waals surface area contributed by atoms with Gasteiger partial charge in [0.05, 0.1) is 5.69 Å². The quantitative estimate of drug-likeness (QED) is 0.487. The number of sulfonamides is 1. The summed E-state index contributed by atoms with van der Waals surface area (Å²) in [6.07, 6.45) is 1.47. The minimum absolute atomic E-state index is 0.141. The Kier molecular flexibility index (Phi) is 7.18. The molecule has 178 valence electrons. The van der Waals surface area contributed by atoms with Gasteiger partial charge in [0.25, 0.3) is 15.9 Å². The summed E-state index contributed by atoms with van der Waals surface area (Å²) in [5.41, 5.74) is 2.28. The maximum absolute atomic E-state index is 12.6. The van der Waals surface area contributed by atoms with Crippen LogP contribution < -0.4 is 19.3 Å². The number of thiophene rings is 1. The number of benzene rings is 2. The van der Waals surface area contributed by atoms with Crippen molar-refractivity contribution < 1.29 is 22.7 Å². The Hall–Kier alpha value is -3.37. The van der Waals surface area contributed by atoms with Gasteiger partial charge in [-0.05, 0) is 59.8 Å². The monoisotopic (exact) mass is 499 g/mol. The molecule has 3 aromatic rings. The van der Waals surface area contributed by atoms with E-state index < -0.39 is 10.0 Å². The van der Waals surface area contributed by atoms with Gasteiger partial charge in [0.15, 0.2) is 6.61 Å². The van der Waals surface area contributed by atoms with E-state index in [0.29, 0.717) is 24.4 Å². The topological polar surface area (TPSA) is 96.0 Å². The summed E-state index contributed by atoms with van der Waals surface area (Å²) in [5, 5.41) is 4.52. The normalized spacial score (nSPS) is 13.7. The number of carbonyl (C=O) groups is 2. The lowest BCUT2D eigenvalue weighted by atomic mass is 10.2. The molecular formula is C24H25N3O5S2. The van der Waals surface area contributed by atoms with Crippen LogP contribution in [0.15, 0.2) is 70.3 Å². The maximum atomic E-state index is 12.6. The second-order valence-corrected chi connectivity index (χ2v) is 10.9. The van der Waals surface area contributed by atoms with Crippen molar-refractivity contribution in [3.63, 3.8) is 0 Å². The Labute approximate surface area is 202 Å². The zero-order valence-electron chi connectivity index (χ0n) is 18.6. The highest BCUT2D eigenvalue weighted by atomic mass is 32.2. The predicted octanol–water partition coefficient (Wildman–Crippen LogP) is 3.40. The highest BCUT2D eigenvalue weighted by Gasteiger charge is 2.22. The molecule has 1 N–H and O–H groups in total. The van der Waals surface area contributed by atoms with Gasteiger partial charge in [0, 0.05) is 32.2 Å². The number of hydrogen-bond donors (Lipinski definition) is 1. The molecule has 1 aromatic heterocycles. The first-order valence-corrected chi connectivity index (χ1v) is 13.1. The molecule has 1 fully saturated rings. The van der Waals surface area contributed by atoms with Gasteiger partial charge in [-0.2, -0.15) is 0 Å². The van der Waals surface area contributed by atoms with Crippen LogP contribution in [0.5, 0.6) is 5.75 Å². The maximum Gasteiger partial charge on any atom is 0.273 e. The smallest absolute Gasteiger partial charge is 0.273 e. The van der Waals surface area contributed by atoms with Crippen molar-refractivity contribution in [1.82, 2.24) is 5.32 Å². The first-order chi connectivity index (χ1) is 16.3. The lowest BCUT2D eigenvalue weighted by Crippen LogP contribution is -2.28. The predicted molar refractivity (Wildman–Crippen MR) is 132 cm³/mol. The van der Waals surface area contributed by atoms with Crippen molar-refractivity contribution in [3.05, 3.63) is 71.6 Å².